The van der Waals surface area contributed by atoms with E-state index >= 15 is 0 Å². The molecular weight excluding hydrogens is 370 g/mol. The molecule has 2 aromatic rings. The molecule has 0 atom stereocenters. The number of ether oxygens (including phenoxy) is 1. The zero-order valence-corrected chi connectivity index (χ0v) is 13.8. The first-order valence-corrected chi connectivity index (χ1v) is 7.70. The summed E-state index contributed by atoms with van der Waals surface area (Å²) in [6.45, 7) is 3.96. The van der Waals surface area contributed by atoms with E-state index in [9.17, 15) is 0 Å². The molecule has 0 aromatic heterocycles. The molecule has 100 valence electrons. The molecule has 0 aliphatic heterocycles. The molecule has 1 N–H and O–H groups in total. The Bertz CT molecular complexity index is 540. The van der Waals surface area contributed by atoms with Gasteiger partial charge in [-0.3, -0.25) is 0 Å². The number of benzene rings is 2. The first-order valence-electron chi connectivity index (χ1n) is 6.11. The Morgan fingerprint density at radius 1 is 1.05 bits per heavy atom. The average molecular weight is 385 g/mol. The minimum atomic E-state index is 0.808. The second kappa shape index (κ2) is 7.08. The Hall–Kier alpha value is -0.840. The lowest BCUT2D eigenvalue weighted by molar-refractivity contribution is 0.479. The van der Waals surface area contributed by atoms with Gasteiger partial charge in [-0.05, 0) is 58.4 Å². The van der Waals surface area contributed by atoms with Gasteiger partial charge in [0, 0.05) is 11.0 Å². The third-order valence-electron chi connectivity index (χ3n) is 2.62. The van der Waals surface area contributed by atoms with E-state index in [0.717, 1.165) is 33.5 Å². The Morgan fingerprint density at radius 3 is 2.42 bits per heavy atom. The topological polar surface area (TPSA) is 21.3 Å². The summed E-state index contributed by atoms with van der Waals surface area (Å²) in [5.74, 6) is 1.64. The first kappa shape index (κ1) is 14.6. The third-order valence-corrected chi connectivity index (χ3v) is 3.74. The van der Waals surface area contributed by atoms with Gasteiger partial charge < -0.3 is 10.1 Å². The van der Waals surface area contributed by atoms with Crippen LogP contribution in [0.5, 0.6) is 11.5 Å². The fourth-order valence-corrected chi connectivity index (χ4v) is 2.76. The largest absolute Gasteiger partial charge is 0.456 e. The summed E-state index contributed by atoms with van der Waals surface area (Å²) in [5.41, 5.74) is 1.25. The number of rotatable bonds is 5. The van der Waals surface area contributed by atoms with E-state index in [1.165, 1.54) is 5.56 Å². The van der Waals surface area contributed by atoms with Crippen LogP contribution in [0.1, 0.15) is 12.5 Å². The molecule has 4 heteroatoms. The Kier molecular flexibility index (Phi) is 5.43. The van der Waals surface area contributed by atoms with Crippen molar-refractivity contribution in [2.75, 3.05) is 6.54 Å². The van der Waals surface area contributed by atoms with Crippen LogP contribution >= 0.6 is 31.9 Å². The van der Waals surface area contributed by atoms with Crippen LogP contribution in [0.2, 0.25) is 0 Å². The lowest BCUT2D eigenvalue weighted by Gasteiger charge is -2.09. The monoisotopic (exact) mass is 383 g/mol. The van der Waals surface area contributed by atoms with Gasteiger partial charge in [0.05, 0.1) is 4.47 Å². The van der Waals surface area contributed by atoms with Crippen LogP contribution in [0.4, 0.5) is 0 Å². The van der Waals surface area contributed by atoms with Crippen molar-refractivity contribution < 1.29 is 4.74 Å². The molecule has 2 nitrogen and oxygen atoms in total. The van der Waals surface area contributed by atoms with Crippen molar-refractivity contribution in [1.82, 2.24) is 5.32 Å². The summed E-state index contributed by atoms with van der Waals surface area (Å²) < 4.78 is 7.79. The summed E-state index contributed by atoms with van der Waals surface area (Å²) in [6, 6.07) is 14.0. The van der Waals surface area contributed by atoms with Gasteiger partial charge in [-0.15, -0.1) is 0 Å². The van der Waals surface area contributed by atoms with Crippen LogP contribution in [0, 0.1) is 0 Å². The van der Waals surface area contributed by atoms with E-state index in [4.69, 9.17) is 4.74 Å². The maximum absolute atomic E-state index is 5.84. The smallest absolute Gasteiger partial charge is 0.141 e. The standard InChI is InChI=1S/C15H15Br2NO/c1-2-18-10-11-3-6-13(7-4-11)19-15-8-5-12(16)9-14(15)17/h3-9,18H,2,10H2,1H3. The molecule has 0 unspecified atom stereocenters. The Morgan fingerprint density at radius 2 is 1.79 bits per heavy atom. The fraction of sp³-hybridized carbons (Fsp3) is 0.200. The van der Waals surface area contributed by atoms with Gasteiger partial charge in [0.15, 0.2) is 0 Å². The average Bonchev–Trinajstić information content (AvgIpc) is 2.41. The maximum atomic E-state index is 5.84. The third kappa shape index (κ3) is 4.34. The van der Waals surface area contributed by atoms with Crippen LogP contribution in [0.15, 0.2) is 51.4 Å². The highest BCUT2D eigenvalue weighted by atomic mass is 79.9. The molecule has 0 aliphatic rings. The minimum absolute atomic E-state index is 0.808. The molecule has 0 radical (unpaired) electrons. The van der Waals surface area contributed by atoms with Gasteiger partial charge in [-0.25, -0.2) is 0 Å². The number of halogens is 2. The van der Waals surface area contributed by atoms with Gasteiger partial charge in [0.1, 0.15) is 11.5 Å². The summed E-state index contributed by atoms with van der Waals surface area (Å²) in [6.07, 6.45) is 0. The second-order valence-corrected chi connectivity index (χ2v) is 5.87. The van der Waals surface area contributed by atoms with E-state index in [1.54, 1.807) is 0 Å². The second-order valence-electron chi connectivity index (χ2n) is 4.10. The molecule has 0 spiro atoms. The molecule has 0 heterocycles. The van der Waals surface area contributed by atoms with Gasteiger partial charge in [0.2, 0.25) is 0 Å². The van der Waals surface area contributed by atoms with Gasteiger partial charge in [0.25, 0.3) is 0 Å². The molecule has 0 fully saturated rings. The van der Waals surface area contributed by atoms with Crippen molar-refractivity contribution in [2.45, 2.75) is 13.5 Å². The highest BCUT2D eigenvalue weighted by molar-refractivity contribution is 9.11. The number of hydrogen-bond donors (Lipinski definition) is 1. The van der Waals surface area contributed by atoms with Crippen LogP contribution < -0.4 is 10.1 Å². The minimum Gasteiger partial charge on any atom is -0.456 e. The molecule has 0 saturated carbocycles. The molecule has 2 aromatic carbocycles. The van der Waals surface area contributed by atoms with Crippen LogP contribution in [-0.4, -0.2) is 6.54 Å². The summed E-state index contributed by atoms with van der Waals surface area (Å²) in [7, 11) is 0. The number of hydrogen-bond acceptors (Lipinski definition) is 2. The molecule has 2 rings (SSSR count). The maximum Gasteiger partial charge on any atom is 0.141 e. The predicted molar refractivity (Wildman–Crippen MR) is 85.7 cm³/mol. The lowest BCUT2D eigenvalue weighted by atomic mass is 10.2. The zero-order valence-electron chi connectivity index (χ0n) is 10.6. The van der Waals surface area contributed by atoms with Crippen molar-refractivity contribution in [1.29, 1.82) is 0 Å². The summed E-state index contributed by atoms with van der Waals surface area (Å²) in [5, 5.41) is 3.30. The summed E-state index contributed by atoms with van der Waals surface area (Å²) >= 11 is 6.91. The molecular formula is C15H15Br2NO. The highest BCUT2D eigenvalue weighted by Crippen LogP contribution is 2.31. The molecule has 19 heavy (non-hydrogen) atoms. The molecule has 0 amide bonds. The van der Waals surface area contributed by atoms with Gasteiger partial charge >= 0.3 is 0 Å². The van der Waals surface area contributed by atoms with Crippen molar-refractivity contribution in [2.24, 2.45) is 0 Å². The Labute approximate surface area is 130 Å². The van der Waals surface area contributed by atoms with Crippen LogP contribution in [0.3, 0.4) is 0 Å². The quantitative estimate of drug-likeness (QED) is 0.772. The fourth-order valence-electron chi connectivity index (χ4n) is 1.63. The van der Waals surface area contributed by atoms with Crippen molar-refractivity contribution in [3.63, 3.8) is 0 Å². The zero-order chi connectivity index (χ0) is 13.7. The SMILES string of the molecule is CCNCc1ccc(Oc2ccc(Br)cc2Br)cc1. The normalized spacial score (nSPS) is 10.5. The molecule has 0 saturated heterocycles. The van der Waals surface area contributed by atoms with Crippen LogP contribution in [0.25, 0.3) is 0 Å². The first-order chi connectivity index (χ1) is 9.19. The summed E-state index contributed by atoms with van der Waals surface area (Å²) in [4.78, 5) is 0. The van der Waals surface area contributed by atoms with Crippen molar-refractivity contribution >= 4 is 31.9 Å². The van der Waals surface area contributed by atoms with Gasteiger partial charge in [-0.2, -0.15) is 0 Å². The van der Waals surface area contributed by atoms with E-state index < -0.39 is 0 Å². The highest BCUT2D eigenvalue weighted by Gasteiger charge is 2.03. The van der Waals surface area contributed by atoms with E-state index in [0.29, 0.717) is 0 Å². The van der Waals surface area contributed by atoms with E-state index in [1.807, 2.05) is 30.3 Å². The van der Waals surface area contributed by atoms with E-state index in [-0.39, 0.29) is 0 Å². The van der Waals surface area contributed by atoms with Crippen molar-refractivity contribution in [3.05, 3.63) is 57.0 Å². The molecule has 0 bridgehead atoms. The molecule has 0 aliphatic carbocycles. The predicted octanol–water partition coefficient (Wildman–Crippen LogP) is 5.11. The van der Waals surface area contributed by atoms with Gasteiger partial charge in [-0.1, -0.05) is 35.0 Å². The lowest BCUT2D eigenvalue weighted by Crippen LogP contribution is -2.11. The van der Waals surface area contributed by atoms with Crippen LogP contribution in [-0.2, 0) is 6.54 Å². The Balaban J connectivity index is 2.06. The van der Waals surface area contributed by atoms with E-state index in [2.05, 4.69) is 56.2 Å². The number of nitrogens with one attached hydrogen (secondary N) is 1. The van der Waals surface area contributed by atoms with Crippen molar-refractivity contribution in [3.8, 4) is 11.5 Å².